The zero-order valence-corrected chi connectivity index (χ0v) is 7.45. The average Bonchev–Trinajstić information content (AvgIpc) is 2.33. The Balaban J connectivity index is 1.97. The van der Waals surface area contributed by atoms with Crippen molar-refractivity contribution in [1.29, 1.82) is 0 Å². The predicted molar refractivity (Wildman–Crippen MR) is 48.5 cm³/mol. The van der Waals surface area contributed by atoms with E-state index in [2.05, 4.69) is 15.3 Å². The normalized spacial score (nSPS) is 34.5. The summed E-state index contributed by atoms with van der Waals surface area (Å²) in [7, 11) is 1.77. The van der Waals surface area contributed by atoms with Crippen molar-refractivity contribution in [2.24, 2.45) is 22.7 Å². The van der Waals surface area contributed by atoms with E-state index >= 15 is 0 Å². The molecule has 0 aromatic rings. The van der Waals surface area contributed by atoms with Gasteiger partial charge in [-0.3, -0.25) is 10.4 Å². The molecule has 2 aliphatic rings. The highest BCUT2D eigenvalue weighted by atomic mass is 15.4. The van der Waals surface area contributed by atoms with Gasteiger partial charge >= 0.3 is 0 Å². The van der Waals surface area contributed by atoms with Crippen LogP contribution in [0.2, 0.25) is 0 Å². The van der Waals surface area contributed by atoms with Crippen LogP contribution in [0.1, 0.15) is 12.8 Å². The molecule has 0 aromatic carbocycles. The first-order valence-corrected chi connectivity index (χ1v) is 4.53. The summed E-state index contributed by atoms with van der Waals surface area (Å²) in [5, 5.41) is 0. The minimum Gasteiger partial charge on any atom is -0.341 e. The molecular weight excluding hydrogens is 152 g/mol. The van der Waals surface area contributed by atoms with Gasteiger partial charge in [0.05, 0.1) is 0 Å². The summed E-state index contributed by atoms with van der Waals surface area (Å²) in [6.45, 7) is 2.28. The summed E-state index contributed by atoms with van der Waals surface area (Å²) in [6.07, 6.45) is 2.78. The summed E-state index contributed by atoms with van der Waals surface area (Å²) >= 11 is 0. The fourth-order valence-electron chi connectivity index (χ4n) is 2.23. The zero-order valence-electron chi connectivity index (χ0n) is 7.45. The summed E-state index contributed by atoms with van der Waals surface area (Å²) in [4.78, 5) is 6.34. The van der Waals surface area contributed by atoms with E-state index in [0.29, 0.717) is 0 Å². The number of hydrogen-bond acceptors (Lipinski definition) is 2. The Bertz CT molecular complexity index is 189. The van der Waals surface area contributed by atoms with Crippen LogP contribution in [-0.4, -0.2) is 31.0 Å². The monoisotopic (exact) mass is 168 g/mol. The third-order valence-corrected chi connectivity index (χ3v) is 3.13. The van der Waals surface area contributed by atoms with Crippen molar-refractivity contribution in [3.8, 4) is 0 Å². The molecule has 2 unspecified atom stereocenters. The summed E-state index contributed by atoms with van der Waals surface area (Å²) < 4.78 is 0. The molecule has 0 amide bonds. The molecular formula is C8H16N4. The highest BCUT2D eigenvalue weighted by molar-refractivity contribution is 5.79. The van der Waals surface area contributed by atoms with Crippen molar-refractivity contribution in [2.45, 2.75) is 12.8 Å². The molecule has 3 N–H and O–H groups in total. The number of hydrogen-bond donors (Lipinski definition) is 2. The Morgan fingerprint density at radius 3 is 2.33 bits per heavy atom. The van der Waals surface area contributed by atoms with Gasteiger partial charge in [-0.1, -0.05) is 0 Å². The standard InChI is InChI=1S/C8H16N4/c1-10-8(11-9)12-4-6-2-3-7(6)5-12/h6-7H,2-5,9H2,1H3,(H,10,11). The quantitative estimate of drug-likeness (QED) is 0.227. The minimum absolute atomic E-state index is 0.837. The van der Waals surface area contributed by atoms with Crippen molar-refractivity contribution >= 4 is 5.96 Å². The Labute approximate surface area is 72.8 Å². The number of rotatable bonds is 0. The van der Waals surface area contributed by atoms with Crippen LogP contribution in [0.25, 0.3) is 0 Å². The largest absolute Gasteiger partial charge is 0.341 e. The van der Waals surface area contributed by atoms with Gasteiger partial charge in [-0.15, -0.1) is 0 Å². The van der Waals surface area contributed by atoms with Crippen molar-refractivity contribution in [3.05, 3.63) is 0 Å². The molecule has 4 heteroatoms. The molecule has 0 spiro atoms. The van der Waals surface area contributed by atoms with E-state index in [1.54, 1.807) is 7.05 Å². The molecule has 1 saturated carbocycles. The van der Waals surface area contributed by atoms with Crippen LogP contribution in [0.3, 0.4) is 0 Å². The second kappa shape index (κ2) is 2.94. The van der Waals surface area contributed by atoms with Crippen molar-refractivity contribution < 1.29 is 0 Å². The van der Waals surface area contributed by atoms with Crippen LogP contribution in [0.5, 0.6) is 0 Å². The second-order valence-corrected chi connectivity index (χ2v) is 3.69. The summed E-state index contributed by atoms with van der Waals surface area (Å²) in [5.41, 5.74) is 2.64. The molecule has 1 aliphatic carbocycles. The molecule has 2 atom stereocenters. The van der Waals surface area contributed by atoms with Gasteiger partial charge in [-0.25, -0.2) is 5.84 Å². The molecule has 68 valence electrons. The van der Waals surface area contributed by atoms with Gasteiger partial charge in [0.25, 0.3) is 0 Å². The van der Waals surface area contributed by atoms with Gasteiger partial charge in [-0.05, 0) is 24.7 Å². The van der Waals surface area contributed by atoms with Crippen LogP contribution < -0.4 is 11.3 Å². The van der Waals surface area contributed by atoms with Gasteiger partial charge in [0.1, 0.15) is 0 Å². The topological polar surface area (TPSA) is 53.6 Å². The third-order valence-electron chi connectivity index (χ3n) is 3.13. The first kappa shape index (κ1) is 7.86. The fraction of sp³-hybridized carbons (Fsp3) is 0.875. The Morgan fingerprint density at radius 1 is 1.42 bits per heavy atom. The Kier molecular flexibility index (Phi) is 1.92. The van der Waals surface area contributed by atoms with Crippen LogP contribution >= 0.6 is 0 Å². The molecule has 0 radical (unpaired) electrons. The number of likely N-dealkylation sites (tertiary alicyclic amines) is 1. The Morgan fingerprint density at radius 2 is 2.00 bits per heavy atom. The van der Waals surface area contributed by atoms with E-state index in [-0.39, 0.29) is 0 Å². The van der Waals surface area contributed by atoms with Crippen molar-refractivity contribution in [1.82, 2.24) is 10.3 Å². The molecule has 4 nitrogen and oxygen atoms in total. The van der Waals surface area contributed by atoms with Crippen LogP contribution in [0, 0.1) is 11.8 Å². The molecule has 1 aliphatic heterocycles. The maximum absolute atomic E-state index is 5.35. The lowest BCUT2D eigenvalue weighted by Gasteiger charge is -2.27. The number of hydrazine groups is 1. The lowest BCUT2D eigenvalue weighted by atomic mass is 9.77. The van der Waals surface area contributed by atoms with Crippen molar-refractivity contribution in [3.63, 3.8) is 0 Å². The first-order valence-electron chi connectivity index (χ1n) is 4.53. The van der Waals surface area contributed by atoms with E-state index in [1.807, 2.05) is 0 Å². The average molecular weight is 168 g/mol. The van der Waals surface area contributed by atoms with Gasteiger partial charge in [0.15, 0.2) is 0 Å². The highest BCUT2D eigenvalue weighted by Crippen LogP contribution is 2.40. The van der Waals surface area contributed by atoms with Gasteiger partial charge in [0, 0.05) is 20.1 Å². The molecule has 2 fully saturated rings. The zero-order chi connectivity index (χ0) is 8.55. The van der Waals surface area contributed by atoms with E-state index < -0.39 is 0 Å². The maximum Gasteiger partial charge on any atom is 0.208 e. The fourth-order valence-corrected chi connectivity index (χ4v) is 2.23. The third kappa shape index (κ3) is 1.06. The van der Waals surface area contributed by atoms with E-state index in [1.165, 1.54) is 12.8 Å². The SMILES string of the molecule is CN=C(NN)N1CC2CCC2C1. The lowest BCUT2D eigenvalue weighted by Crippen LogP contribution is -2.43. The van der Waals surface area contributed by atoms with Gasteiger partial charge in [0.2, 0.25) is 5.96 Å². The molecule has 1 saturated heterocycles. The molecule has 1 heterocycles. The predicted octanol–water partition coefficient (Wildman–Crippen LogP) is -0.223. The number of aliphatic imine (C=N–C) groups is 1. The number of fused-ring (bicyclic) bond motifs is 1. The number of guanidine groups is 1. The Hall–Kier alpha value is -0.770. The molecule has 0 aromatic heterocycles. The molecule has 0 bridgehead atoms. The lowest BCUT2D eigenvalue weighted by molar-refractivity contribution is 0.243. The first-order chi connectivity index (χ1) is 5.85. The van der Waals surface area contributed by atoms with E-state index in [9.17, 15) is 0 Å². The molecule has 12 heavy (non-hydrogen) atoms. The smallest absolute Gasteiger partial charge is 0.208 e. The number of nitrogens with zero attached hydrogens (tertiary/aromatic N) is 2. The van der Waals surface area contributed by atoms with Crippen LogP contribution in [0.4, 0.5) is 0 Å². The second-order valence-electron chi connectivity index (χ2n) is 3.69. The summed E-state index contributed by atoms with van der Waals surface area (Å²) in [5.74, 6) is 8.01. The van der Waals surface area contributed by atoms with Gasteiger partial charge in [-0.2, -0.15) is 0 Å². The van der Waals surface area contributed by atoms with E-state index in [0.717, 1.165) is 30.9 Å². The van der Waals surface area contributed by atoms with Crippen molar-refractivity contribution in [2.75, 3.05) is 20.1 Å². The summed E-state index contributed by atoms with van der Waals surface area (Å²) in [6, 6.07) is 0. The van der Waals surface area contributed by atoms with Gasteiger partial charge < -0.3 is 4.90 Å². The van der Waals surface area contributed by atoms with Crippen LogP contribution in [0.15, 0.2) is 4.99 Å². The minimum atomic E-state index is 0.837. The number of nitrogens with one attached hydrogen (secondary N) is 1. The molecule has 2 rings (SSSR count). The van der Waals surface area contributed by atoms with Crippen LogP contribution in [-0.2, 0) is 0 Å². The van der Waals surface area contributed by atoms with E-state index in [4.69, 9.17) is 5.84 Å². The number of nitrogens with two attached hydrogens (primary N) is 1. The maximum atomic E-state index is 5.35. The highest BCUT2D eigenvalue weighted by Gasteiger charge is 2.40.